The fourth-order valence-corrected chi connectivity index (χ4v) is 3.99. The number of nitriles is 1. The zero-order valence-electron chi connectivity index (χ0n) is 16.1. The third kappa shape index (κ3) is 5.08. The maximum Gasteiger partial charge on any atom is 0.535 e. The Balaban J connectivity index is 1.43. The van der Waals surface area contributed by atoms with Crippen molar-refractivity contribution in [2.75, 3.05) is 10.6 Å². The van der Waals surface area contributed by atoms with E-state index < -0.39 is 18.9 Å². The molecular formula is C21H13ClF2N4O3S. The Hall–Kier alpha value is -3.39. The van der Waals surface area contributed by atoms with Crippen molar-refractivity contribution < 1.29 is 23.0 Å². The molecule has 0 saturated carbocycles. The predicted molar refractivity (Wildman–Crippen MR) is 114 cm³/mol. The zero-order chi connectivity index (χ0) is 22.7. The van der Waals surface area contributed by atoms with Gasteiger partial charge in [0.15, 0.2) is 0 Å². The van der Waals surface area contributed by atoms with E-state index in [0.29, 0.717) is 22.0 Å². The molecule has 2 aromatic carbocycles. The maximum absolute atomic E-state index is 13.2. The van der Waals surface area contributed by atoms with Crippen LogP contribution in [0.4, 0.5) is 25.0 Å². The number of halogens is 3. The summed E-state index contributed by atoms with van der Waals surface area (Å²) in [5.74, 6) is -0.0702. The summed E-state index contributed by atoms with van der Waals surface area (Å²) in [7, 11) is 0. The molecule has 0 fully saturated rings. The summed E-state index contributed by atoms with van der Waals surface area (Å²) < 4.78 is 35.3. The SMILES string of the molecule is N#Cc1cc(Sc2ccc(NC(=O)Nc3cccc4c3COC(F)(F)O4)cc2Cl)ccn1. The molecule has 1 aromatic heterocycles. The number of hydrogen-bond donors (Lipinski definition) is 2. The van der Waals surface area contributed by atoms with Crippen LogP contribution in [0.1, 0.15) is 11.3 Å². The van der Waals surface area contributed by atoms with Crippen LogP contribution in [0.25, 0.3) is 0 Å². The molecule has 3 aromatic rings. The molecule has 11 heteroatoms. The first-order valence-corrected chi connectivity index (χ1v) is 10.3. The van der Waals surface area contributed by atoms with E-state index in [9.17, 15) is 13.6 Å². The molecule has 162 valence electrons. The fourth-order valence-electron chi connectivity index (χ4n) is 2.85. The van der Waals surface area contributed by atoms with E-state index in [0.717, 1.165) is 9.79 Å². The predicted octanol–water partition coefficient (Wildman–Crippen LogP) is 5.86. The number of carbonyl (C=O) groups is 1. The summed E-state index contributed by atoms with van der Waals surface area (Å²) in [6, 6.07) is 14.1. The Bertz CT molecular complexity index is 1240. The minimum absolute atomic E-state index is 0.0702. The standard InChI is InChI=1S/C21H13ClF2N4O3S/c22-16-9-12(4-5-19(16)32-14-6-7-26-13(8-14)10-25)27-20(29)28-17-2-1-3-18-15(17)11-30-21(23,24)31-18/h1-9H,11H2,(H2,27,28,29). The van der Waals surface area contributed by atoms with E-state index in [1.165, 1.54) is 30.1 Å². The van der Waals surface area contributed by atoms with Gasteiger partial charge < -0.3 is 15.4 Å². The lowest BCUT2D eigenvalue weighted by molar-refractivity contribution is -0.367. The average molecular weight is 475 g/mol. The highest BCUT2D eigenvalue weighted by Crippen LogP contribution is 2.37. The van der Waals surface area contributed by atoms with E-state index in [1.54, 1.807) is 36.4 Å². The minimum atomic E-state index is -3.71. The second-order valence-electron chi connectivity index (χ2n) is 6.45. The van der Waals surface area contributed by atoms with Gasteiger partial charge in [-0.15, -0.1) is 8.78 Å². The van der Waals surface area contributed by atoms with Gasteiger partial charge >= 0.3 is 12.3 Å². The largest absolute Gasteiger partial charge is 0.535 e. The van der Waals surface area contributed by atoms with E-state index in [2.05, 4.69) is 25.1 Å². The summed E-state index contributed by atoms with van der Waals surface area (Å²) in [6.07, 6.45) is -2.18. The number of pyridine rings is 1. The van der Waals surface area contributed by atoms with Crippen molar-refractivity contribution in [2.24, 2.45) is 0 Å². The molecule has 0 aliphatic carbocycles. The van der Waals surface area contributed by atoms with Gasteiger partial charge in [-0.2, -0.15) is 5.26 Å². The molecule has 1 aliphatic heterocycles. The molecule has 4 rings (SSSR count). The second kappa shape index (κ2) is 9.00. The van der Waals surface area contributed by atoms with Crippen molar-refractivity contribution in [2.45, 2.75) is 22.7 Å². The van der Waals surface area contributed by atoms with Gasteiger partial charge in [-0.3, -0.25) is 4.74 Å². The monoisotopic (exact) mass is 474 g/mol. The number of rotatable bonds is 4. The zero-order valence-corrected chi connectivity index (χ0v) is 17.6. The van der Waals surface area contributed by atoms with Gasteiger partial charge in [0.05, 0.1) is 17.3 Å². The van der Waals surface area contributed by atoms with Crippen LogP contribution in [0.5, 0.6) is 5.75 Å². The smallest absolute Gasteiger partial charge is 0.409 e. The fraction of sp³-hybridized carbons (Fsp3) is 0.0952. The number of amides is 2. The van der Waals surface area contributed by atoms with Gasteiger partial charge in [0.1, 0.15) is 17.5 Å². The summed E-state index contributed by atoms with van der Waals surface area (Å²) >= 11 is 7.69. The molecule has 2 heterocycles. The molecule has 0 unspecified atom stereocenters. The van der Waals surface area contributed by atoms with Gasteiger partial charge in [-0.1, -0.05) is 29.4 Å². The molecule has 0 saturated heterocycles. The molecular weight excluding hydrogens is 462 g/mol. The van der Waals surface area contributed by atoms with E-state index >= 15 is 0 Å². The average Bonchev–Trinajstić information content (AvgIpc) is 2.75. The van der Waals surface area contributed by atoms with Crippen LogP contribution in [-0.4, -0.2) is 17.3 Å². The van der Waals surface area contributed by atoms with Crippen LogP contribution in [-0.2, 0) is 11.3 Å². The topological polar surface area (TPSA) is 96.3 Å². The highest BCUT2D eigenvalue weighted by atomic mass is 35.5. The minimum Gasteiger partial charge on any atom is -0.409 e. The Kier molecular flexibility index (Phi) is 6.14. The number of hydrogen-bond acceptors (Lipinski definition) is 6. The molecule has 2 N–H and O–H groups in total. The van der Waals surface area contributed by atoms with Crippen LogP contribution in [0.3, 0.4) is 0 Å². The molecule has 0 bridgehead atoms. The van der Waals surface area contributed by atoms with Crippen molar-refractivity contribution >= 4 is 40.8 Å². The first-order valence-electron chi connectivity index (χ1n) is 9.07. The Morgan fingerprint density at radius 2 is 2.06 bits per heavy atom. The molecule has 0 spiro atoms. The van der Waals surface area contributed by atoms with Crippen molar-refractivity contribution in [3.63, 3.8) is 0 Å². The number of anilines is 2. The molecule has 2 amide bonds. The van der Waals surface area contributed by atoms with E-state index in [-0.39, 0.29) is 11.4 Å². The van der Waals surface area contributed by atoms with Crippen molar-refractivity contribution in [1.82, 2.24) is 4.98 Å². The highest BCUT2D eigenvalue weighted by Gasteiger charge is 2.39. The molecule has 7 nitrogen and oxygen atoms in total. The highest BCUT2D eigenvalue weighted by molar-refractivity contribution is 7.99. The molecule has 32 heavy (non-hydrogen) atoms. The summed E-state index contributed by atoms with van der Waals surface area (Å²) in [5, 5.41) is 14.6. The van der Waals surface area contributed by atoms with Gasteiger partial charge in [0, 0.05) is 27.2 Å². The summed E-state index contributed by atoms with van der Waals surface area (Å²) in [4.78, 5) is 17.9. The van der Waals surface area contributed by atoms with E-state index in [1.807, 2.05) is 6.07 Å². The van der Waals surface area contributed by atoms with Gasteiger partial charge in [-0.25, -0.2) is 9.78 Å². The lowest BCUT2D eigenvalue weighted by Crippen LogP contribution is -2.33. The van der Waals surface area contributed by atoms with Crippen LogP contribution >= 0.6 is 23.4 Å². The van der Waals surface area contributed by atoms with Crippen molar-refractivity contribution in [3.8, 4) is 11.8 Å². The number of carbonyl (C=O) groups excluding carboxylic acids is 1. The third-order valence-corrected chi connectivity index (χ3v) is 5.75. The van der Waals surface area contributed by atoms with Crippen LogP contribution in [0.15, 0.2) is 64.5 Å². The third-order valence-electron chi connectivity index (χ3n) is 4.26. The van der Waals surface area contributed by atoms with E-state index in [4.69, 9.17) is 16.9 Å². The summed E-state index contributed by atoms with van der Waals surface area (Å²) in [5.41, 5.74) is 1.30. The lowest BCUT2D eigenvalue weighted by atomic mass is 10.1. The van der Waals surface area contributed by atoms with Crippen LogP contribution in [0.2, 0.25) is 5.02 Å². The van der Waals surface area contributed by atoms with Gasteiger partial charge in [-0.05, 0) is 42.5 Å². The maximum atomic E-state index is 13.2. The van der Waals surface area contributed by atoms with Crippen molar-refractivity contribution in [1.29, 1.82) is 5.26 Å². The van der Waals surface area contributed by atoms with Crippen LogP contribution < -0.4 is 15.4 Å². The number of nitrogens with one attached hydrogen (secondary N) is 2. The summed E-state index contributed by atoms with van der Waals surface area (Å²) in [6.45, 7) is -0.418. The Labute approximate surface area is 190 Å². The Morgan fingerprint density at radius 3 is 2.84 bits per heavy atom. The number of nitrogens with zero attached hydrogens (tertiary/aromatic N) is 2. The van der Waals surface area contributed by atoms with Crippen molar-refractivity contribution in [3.05, 3.63) is 71.0 Å². The number of benzene rings is 2. The second-order valence-corrected chi connectivity index (χ2v) is 7.97. The first-order chi connectivity index (χ1) is 15.3. The number of fused-ring (bicyclic) bond motifs is 1. The Morgan fingerprint density at radius 1 is 1.22 bits per heavy atom. The van der Waals surface area contributed by atoms with Gasteiger partial charge in [0.25, 0.3) is 0 Å². The quantitative estimate of drug-likeness (QED) is 0.491. The lowest BCUT2D eigenvalue weighted by Gasteiger charge is -2.26. The number of urea groups is 1. The number of aromatic nitrogens is 1. The normalized spacial score (nSPS) is 13.9. The van der Waals surface area contributed by atoms with Crippen LogP contribution in [0, 0.1) is 11.3 Å². The first kappa shape index (κ1) is 21.8. The molecule has 0 radical (unpaired) electrons. The molecule has 1 aliphatic rings. The van der Waals surface area contributed by atoms with Gasteiger partial charge in [0.2, 0.25) is 0 Å². The molecule has 0 atom stereocenters. The number of alkyl halides is 2. The number of ether oxygens (including phenoxy) is 2.